The molecule has 6 fully saturated rings. The van der Waals surface area contributed by atoms with Gasteiger partial charge in [0.1, 0.15) is 5.82 Å². The Labute approximate surface area is 207 Å². The third-order valence-electron chi connectivity index (χ3n) is 11.4. The zero-order chi connectivity index (χ0) is 23.4. The molecule has 4 nitrogen and oxygen atoms in total. The number of nitrogens with two attached hydrogens (primary N) is 2. The highest BCUT2D eigenvalue weighted by molar-refractivity contribution is 5.29. The molecule has 7 rings (SSSR count). The van der Waals surface area contributed by atoms with Crippen molar-refractivity contribution in [2.24, 2.45) is 34.8 Å². The van der Waals surface area contributed by atoms with E-state index < -0.39 is 0 Å². The van der Waals surface area contributed by atoms with Crippen LogP contribution in [0.2, 0.25) is 0 Å². The van der Waals surface area contributed by atoms with Gasteiger partial charge in [-0.1, -0.05) is 38.2 Å². The largest absolute Gasteiger partial charge is 0.384 e. The number of anilines is 1. The van der Waals surface area contributed by atoms with Gasteiger partial charge in [-0.15, -0.1) is 0 Å². The first-order valence-corrected chi connectivity index (χ1v) is 14.6. The van der Waals surface area contributed by atoms with Crippen molar-refractivity contribution in [1.29, 1.82) is 0 Å². The van der Waals surface area contributed by atoms with Crippen LogP contribution < -0.4 is 11.5 Å². The highest BCUT2D eigenvalue weighted by Crippen LogP contribution is 2.62. The molecular formula is C30H47N3O. The lowest BCUT2D eigenvalue weighted by molar-refractivity contribution is -0.298. The van der Waals surface area contributed by atoms with Crippen LogP contribution >= 0.6 is 0 Å². The Bertz CT molecular complexity index is 858. The van der Waals surface area contributed by atoms with E-state index in [4.69, 9.17) is 16.2 Å². The quantitative estimate of drug-likeness (QED) is 0.538. The number of rotatable bonds is 4. The highest BCUT2D eigenvalue weighted by Gasteiger charge is 2.62. The molecule has 6 atom stereocenters. The van der Waals surface area contributed by atoms with Gasteiger partial charge < -0.3 is 16.2 Å². The van der Waals surface area contributed by atoms with Crippen molar-refractivity contribution < 1.29 is 4.74 Å². The summed E-state index contributed by atoms with van der Waals surface area (Å²) in [4.78, 5) is 4.40. The first-order chi connectivity index (χ1) is 16.4. The third kappa shape index (κ3) is 4.01. The molecule has 0 radical (unpaired) electrons. The van der Waals surface area contributed by atoms with Gasteiger partial charge >= 0.3 is 0 Å². The number of aromatic nitrogens is 1. The normalized spacial score (nSPS) is 42.3. The van der Waals surface area contributed by atoms with E-state index in [1.54, 1.807) is 0 Å². The maximum Gasteiger partial charge on any atom is 0.123 e. The summed E-state index contributed by atoms with van der Waals surface area (Å²) in [5.41, 5.74) is 14.8. The molecule has 4 N–H and O–H groups in total. The molecule has 2 saturated heterocycles. The lowest BCUT2D eigenvalue weighted by Gasteiger charge is -2.65. The summed E-state index contributed by atoms with van der Waals surface area (Å²) in [6, 6.07) is 4.49. The fraction of sp³-hybridized carbons (Fsp3) is 0.833. The molecule has 4 heteroatoms. The zero-order valence-electron chi connectivity index (χ0n) is 21.4. The van der Waals surface area contributed by atoms with Gasteiger partial charge in [0, 0.05) is 18.2 Å². The Balaban J connectivity index is 1.28. The molecule has 4 aliphatic carbocycles. The summed E-state index contributed by atoms with van der Waals surface area (Å²) in [6.07, 6.45) is 23.3. The Hall–Kier alpha value is -1.13. The van der Waals surface area contributed by atoms with Crippen molar-refractivity contribution in [3.8, 4) is 0 Å². The van der Waals surface area contributed by atoms with Gasteiger partial charge in [-0.3, -0.25) is 0 Å². The Morgan fingerprint density at radius 3 is 2.44 bits per heavy atom. The van der Waals surface area contributed by atoms with Crippen LogP contribution in [0.15, 0.2) is 18.3 Å². The fourth-order valence-electron chi connectivity index (χ4n) is 9.86. The minimum absolute atomic E-state index is 0.00695. The van der Waals surface area contributed by atoms with Gasteiger partial charge in [0.15, 0.2) is 0 Å². The number of pyridine rings is 1. The van der Waals surface area contributed by atoms with E-state index >= 15 is 0 Å². The van der Waals surface area contributed by atoms with E-state index in [2.05, 4.69) is 18.0 Å². The van der Waals surface area contributed by atoms with Gasteiger partial charge in [0.25, 0.3) is 0 Å². The van der Waals surface area contributed by atoms with Crippen LogP contribution in [0.1, 0.15) is 109 Å². The van der Waals surface area contributed by atoms with Crippen LogP contribution in [0.5, 0.6) is 0 Å². The molecule has 4 saturated carbocycles. The van der Waals surface area contributed by atoms with Gasteiger partial charge in [0.05, 0.1) is 11.2 Å². The van der Waals surface area contributed by atoms with E-state index in [0.717, 1.165) is 18.8 Å². The van der Waals surface area contributed by atoms with E-state index in [1.165, 1.54) is 95.5 Å². The molecule has 188 valence electrons. The molecule has 1 aromatic heterocycles. The van der Waals surface area contributed by atoms with E-state index in [-0.39, 0.29) is 11.2 Å². The Morgan fingerprint density at radius 1 is 0.941 bits per heavy atom. The molecule has 0 amide bonds. The van der Waals surface area contributed by atoms with E-state index in [0.29, 0.717) is 35.0 Å². The van der Waals surface area contributed by atoms with Crippen LogP contribution in [0.4, 0.5) is 5.82 Å². The Morgan fingerprint density at radius 2 is 1.74 bits per heavy atom. The summed E-state index contributed by atoms with van der Waals surface area (Å²) < 4.78 is 7.52. The summed E-state index contributed by atoms with van der Waals surface area (Å²) in [7, 11) is 0. The second-order valence-corrected chi connectivity index (χ2v) is 13.4. The second-order valence-electron chi connectivity index (χ2n) is 13.4. The highest BCUT2D eigenvalue weighted by atomic mass is 16.5. The minimum atomic E-state index is -0.00695. The lowest BCUT2D eigenvalue weighted by Crippen LogP contribution is -2.69. The topological polar surface area (TPSA) is 74.2 Å². The molecule has 3 heterocycles. The maximum atomic E-state index is 7.52. The number of ether oxygens (including phenoxy) is 1. The lowest BCUT2D eigenvalue weighted by atomic mass is 9.52. The number of hydrogen-bond donors (Lipinski definition) is 2. The van der Waals surface area contributed by atoms with E-state index in [9.17, 15) is 0 Å². The van der Waals surface area contributed by atoms with Crippen LogP contribution in [-0.2, 0) is 11.2 Å². The summed E-state index contributed by atoms with van der Waals surface area (Å²) in [5, 5.41) is 0. The molecule has 34 heavy (non-hydrogen) atoms. The molecule has 2 aliphatic heterocycles. The van der Waals surface area contributed by atoms with Crippen molar-refractivity contribution in [3.05, 3.63) is 23.9 Å². The molecule has 1 spiro atoms. The molecule has 0 aromatic carbocycles. The van der Waals surface area contributed by atoms with Gasteiger partial charge in [-0.25, -0.2) is 4.98 Å². The first-order valence-electron chi connectivity index (χ1n) is 14.6. The van der Waals surface area contributed by atoms with Gasteiger partial charge in [-0.2, -0.15) is 0 Å². The van der Waals surface area contributed by atoms with Gasteiger partial charge in [-0.05, 0) is 112 Å². The molecule has 6 aliphatic rings. The van der Waals surface area contributed by atoms with Crippen LogP contribution in [0.25, 0.3) is 0 Å². The SMILES string of the molecule is C[C@]1(C2CCCCC2)O[C@@]2([C@@H]3C[C@H](Cc4ccc(N)nc4)CC4(CCCC4)C3)CC[C@@H]1[C@H](N)C2. The first kappa shape index (κ1) is 23.3. The summed E-state index contributed by atoms with van der Waals surface area (Å²) in [6.45, 7) is 2.48. The van der Waals surface area contributed by atoms with Crippen molar-refractivity contribution >= 4 is 5.82 Å². The van der Waals surface area contributed by atoms with Crippen molar-refractivity contribution in [3.63, 3.8) is 0 Å². The molecule has 1 aromatic rings. The minimum Gasteiger partial charge on any atom is -0.384 e. The fourth-order valence-corrected chi connectivity index (χ4v) is 9.86. The predicted molar refractivity (Wildman–Crippen MR) is 138 cm³/mol. The predicted octanol–water partition coefficient (Wildman–Crippen LogP) is 6.42. The summed E-state index contributed by atoms with van der Waals surface area (Å²) >= 11 is 0. The number of hydrogen-bond acceptors (Lipinski definition) is 4. The monoisotopic (exact) mass is 465 g/mol. The number of nitrogens with zero attached hydrogens (tertiary/aromatic N) is 1. The van der Waals surface area contributed by atoms with Crippen molar-refractivity contribution in [2.75, 3.05) is 5.73 Å². The molecular weight excluding hydrogens is 418 g/mol. The second kappa shape index (κ2) is 8.76. The van der Waals surface area contributed by atoms with Gasteiger partial charge in [0.2, 0.25) is 0 Å². The average molecular weight is 466 g/mol. The van der Waals surface area contributed by atoms with Crippen molar-refractivity contribution in [1.82, 2.24) is 4.98 Å². The molecule has 2 bridgehead atoms. The maximum absolute atomic E-state index is 7.52. The standard InChI is InChI=1S/C30H47N3O/c1-28(23-7-3-2-4-8-23)25-11-14-30(34-28,19-26(25)31)24-16-22(15-21-9-10-27(32)33-20-21)17-29(18-24)12-5-6-13-29/h9-10,20,22-26H,2-8,11-19,31H2,1H3,(H2,32,33)/t22-,24+,25+,26+,28+,30-/m0/s1. The zero-order valence-corrected chi connectivity index (χ0v) is 21.4. The summed E-state index contributed by atoms with van der Waals surface area (Å²) in [5.74, 6) is 3.26. The number of nitrogen functional groups attached to an aromatic ring is 1. The van der Waals surface area contributed by atoms with Crippen LogP contribution in [0, 0.1) is 29.1 Å². The molecule has 0 unspecified atom stereocenters. The van der Waals surface area contributed by atoms with Crippen LogP contribution in [0.3, 0.4) is 0 Å². The van der Waals surface area contributed by atoms with Crippen molar-refractivity contribution in [2.45, 2.75) is 127 Å². The average Bonchev–Trinajstić information content (AvgIpc) is 3.28. The third-order valence-corrected chi connectivity index (χ3v) is 11.4. The van der Waals surface area contributed by atoms with Crippen LogP contribution in [-0.4, -0.2) is 22.2 Å². The van der Waals surface area contributed by atoms with E-state index in [1.807, 2.05) is 12.3 Å². The number of fused-ring (bicyclic) bond motifs is 3. The smallest absolute Gasteiger partial charge is 0.123 e. The Kier molecular flexibility index (Phi) is 6.00.